The molecule has 2 heteroatoms. The minimum atomic E-state index is 0.468. The van der Waals surface area contributed by atoms with Gasteiger partial charge in [-0.1, -0.05) is 20.3 Å². The van der Waals surface area contributed by atoms with E-state index in [-0.39, 0.29) is 0 Å². The summed E-state index contributed by atoms with van der Waals surface area (Å²) in [6.45, 7) is 4.56. The summed E-state index contributed by atoms with van der Waals surface area (Å²) in [6, 6.07) is 0.468. The topological polar surface area (TPSA) is 26.0 Å². The molecule has 0 aromatic heterocycles. The maximum Gasteiger partial charge on any atom is 0.00778 e. The lowest BCUT2D eigenvalue weighted by Gasteiger charge is -2.21. The van der Waals surface area contributed by atoms with Crippen molar-refractivity contribution in [2.24, 2.45) is 17.6 Å². The van der Waals surface area contributed by atoms with Crippen LogP contribution in [0.5, 0.6) is 0 Å². The molecule has 1 aliphatic heterocycles. The Morgan fingerprint density at radius 2 is 2.33 bits per heavy atom. The number of hydrogen-bond acceptors (Lipinski definition) is 2. The molecule has 0 aromatic carbocycles. The van der Waals surface area contributed by atoms with Gasteiger partial charge >= 0.3 is 0 Å². The van der Waals surface area contributed by atoms with E-state index in [4.69, 9.17) is 5.73 Å². The summed E-state index contributed by atoms with van der Waals surface area (Å²) in [7, 11) is 0. The lowest BCUT2D eigenvalue weighted by atomic mass is 9.90. The monoisotopic (exact) mass is 187 g/mol. The van der Waals surface area contributed by atoms with Gasteiger partial charge in [0, 0.05) is 6.04 Å². The van der Waals surface area contributed by atoms with Crippen LogP contribution in [0.3, 0.4) is 0 Å². The molecule has 1 aliphatic rings. The largest absolute Gasteiger partial charge is 0.327 e. The molecule has 0 saturated carbocycles. The Hall–Kier alpha value is 0.310. The van der Waals surface area contributed by atoms with Gasteiger partial charge in [-0.3, -0.25) is 0 Å². The second kappa shape index (κ2) is 5.13. The molecule has 1 heterocycles. The Balaban J connectivity index is 2.21. The lowest BCUT2D eigenvalue weighted by Crippen LogP contribution is -2.31. The van der Waals surface area contributed by atoms with Crippen molar-refractivity contribution in [1.29, 1.82) is 0 Å². The van der Waals surface area contributed by atoms with Gasteiger partial charge < -0.3 is 5.73 Å². The minimum Gasteiger partial charge on any atom is -0.327 e. The molecule has 3 atom stereocenters. The minimum absolute atomic E-state index is 0.468. The van der Waals surface area contributed by atoms with Gasteiger partial charge in [0.1, 0.15) is 0 Å². The first kappa shape index (κ1) is 10.4. The van der Waals surface area contributed by atoms with Crippen molar-refractivity contribution in [3.8, 4) is 0 Å². The number of hydrogen-bond donors (Lipinski definition) is 1. The Labute approximate surface area is 80.5 Å². The maximum absolute atomic E-state index is 6.14. The summed E-state index contributed by atoms with van der Waals surface area (Å²) in [6.07, 6.45) is 3.84. The Morgan fingerprint density at radius 1 is 1.58 bits per heavy atom. The normalized spacial score (nSPS) is 28.8. The highest BCUT2D eigenvalue weighted by atomic mass is 32.2. The smallest absolute Gasteiger partial charge is 0.00778 e. The zero-order valence-corrected chi connectivity index (χ0v) is 9.07. The second-order valence-electron chi connectivity index (χ2n) is 4.04. The van der Waals surface area contributed by atoms with Crippen LogP contribution in [0.25, 0.3) is 0 Å². The van der Waals surface area contributed by atoms with Gasteiger partial charge in [-0.25, -0.2) is 0 Å². The van der Waals surface area contributed by atoms with Crippen LogP contribution in [-0.2, 0) is 0 Å². The molecular formula is C10H21NS. The highest BCUT2D eigenvalue weighted by Crippen LogP contribution is 2.28. The van der Waals surface area contributed by atoms with E-state index in [1.54, 1.807) is 0 Å². The molecule has 1 fully saturated rings. The number of thioether (sulfide) groups is 1. The third-order valence-corrected chi connectivity index (χ3v) is 4.13. The molecule has 72 valence electrons. The van der Waals surface area contributed by atoms with Crippen LogP contribution in [0, 0.1) is 11.8 Å². The highest BCUT2D eigenvalue weighted by Gasteiger charge is 2.23. The van der Waals surface area contributed by atoms with Gasteiger partial charge in [0.25, 0.3) is 0 Å². The molecule has 0 aromatic rings. The van der Waals surface area contributed by atoms with E-state index in [1.165, 1.54) is 30.8 Å². The van der Waals surface area contributed by atoms with E-state index in [0.717, 1.165) is 11.8 Å². The molecule has 1 saturated heterocycles. The Morgan fingerprint density at radius 3 is 2.83 bits per heavy atom. The average Bonchev–Trinajstić information content (AvgIpc) is 2.56. The van der Waals surface area contributed by atoms with Crippen molar-refractivity contribution in [2.75, 3.05) is 11.5 Å². The SMILES string of the molecule is CCC(C)CC(N)C1CCSC1. The third kappa shape index (κ3) is 2.98. The van der Waals surface area contributed by atoms with E-state index in [0.29, 0.717) is 6.04 Å². The quantitative estimate of drug-likeness (QED) is 0.732. The van der Waals surface area contributed by atoms with Crippen molar-refractivity contribution in [1.82, 2.24) is 0 Å². The fraction of sp³-hybridized carbons (Fsp3) is 1.00. The van der Waals surface area contributed by atoms with E-state index < -0.39 is 0 Å². The van der Waals surface area contributed by atoms with Crippen molar-refractivity contribution < 1.29 is 0 Å². The number of nitrogens with two attached hydrogens (primary N) is 1. The summed E-state index contributed by atoms with van der Waals surface area (Å²) >= 11 is 2.07. The lowest BCUT2D eigenvalue weighted by molar-refractivity contribution is 0.370. The van der Waals surface area contributed by atoms with E-state index in [9.17, 15) is 0 Å². The third-order valence-electron chi connectivity index (χ3n) is 2.94. The van der Waals surface area contributed by atoms with E-state index in [1.807, 2.05) is 0 Å². The van der Waals surface area contributed by atoms with Crippen molar-refractivity contribution in [2.45, 2.75) is 39.2 Å². The molecule has 0 amide bonds. The second-order valence-corrected chi connectivity index (χ2v) is 5.19. The van der Waals surface area contributed by atoms with E-state index >= 15 is 0 Å². The summed E-state index contributed by atoms with van der Waals surface area (Å²) in [4.78, 5) is 0. The summed E-state index contributed by atoms with van der Waals surface area (Å²) in [5, 5.41) is 0. The fourth-order valence-electron chi connectivity index (χ4n) is 1.71. The molecular weight excluding hydrogens is 166 g/mol. The van der Waals surface area contributed by atoms with Gasteiger partial charge in [0.2, 0.25) is 0 Å². The van der Waals surface area contributed by atoms with Crippen LogP contribution < -0.4 is 5.73 Å². The highest BCUT2D eigenvalue weighted by molar-refractivity contribution is 7.99. The van der Waals surface area contributed by atoms with Crippen molar-refractivity contribution in [3.63, 3.8) is 0 Å². The zero-order chi connectivity index (χ0) is 8.97. The first-order valence-electron chi connectivity index (χ1n) is 5.07. The molecule has 0 spiro atoms. The summed E-state index contributed by atoms with van der Waals surface area (Å²) in [5.41, 5.74) is 6.14. The molecule has 0 bridgehead atoms. The molecule has 0 radical (unpaired) electrons. The van der Waals surface area contributed by atoms with Crippen molar-refractivity contribution >= 4 is 11.8 Å². The standard InChI is InChI=1S/C10H21NS/c1-3-8(2)6-10(11)9-4-5-12-7-9/h8-10H,3-7,11H2,1-2H3. The zero-order valence-electron chi connectivity index (χ0n) is 8.25. The van der Waals surface area contributed by atoms with Crippen LogP contribution in [0.1, 0.15) is 33.1 Å². The predicted octanol–water partition coefficient (Wildman–Crippen LogP) is 2.50. The Bertz CT molecular complexity index is 121. The molecule has 2 N–H and O–H groups in total. The van der Waals surface area contributed by atoms with Crippen LogP contribution in [0.4, 0.5) is 0 Å². The van der Waals surface area contributed by atoms with Crippen LogP contribution in [-0.4, -0.2) is 17.5 Å². The molecule has 3 unspecified atom stereocenters. The molecule has 1 nitrogen and oxygen atoms in total. The first-order chi connectivity index (χ1) is 5.74. The average molecular weight is 187 g/mol. The molecule has 12 heavy (non-hydrogen) atoms. The van der Waals surface area contributed by atoms with Crippen LogP contribution >= 0.6 is 11.8 Å². The van der Waals surface area contributed by atoms with E-state index in [2.05, 4.69) is 25.6 Å². The fourth-order valence-corrected chi connectivity index (χ4v) is 3.07. The van der Waals surface area contributed by atoms with Crippen LogP contribution in [0.2, 0.25) is 0 Å². The summed E-state index contributed by atoms with van der Waals surface area (Å²) in [5.74, 6) is 4.26. The predicted molar refractivity (Wildman–Crippen MR) is 57.5 cm³/mol. The molecule has 1 rings (SSSR count). The van der Waals surface area contributed by atoms with Gasteiger partial charge in [-0.15, -0.1) is 0 Å². The first-order valence-corrected chi connectivity index (χ1v) is 6.22. The van der Waals surface area contributed by atoms with Gasteiger partial charge in [0.15, 0.2) is 0 Å². The van der Waals surface area contributed by atoms with Crippen LogP contribution in [0.15, 0.2) is 0 Å². The number of rotatable bonds is 4. The van der Waals surface area contributed by atoms with Gasteiger partial charge in [-0.05, 0) is 36.2 Å². The van der Waals surface area contributed by atoms with Crippen molar-refractivity contribution in [3.05, 3.63) is 0 Å². The van der Waals surface area contributed by atoms with Gasteiger partial charge in [-0.2, -0.15) is 11.8 Å². The summed E-state index contributed by atoms with van der Waals surface area (Å²) < 4.78 is 0. The van der Waals surface area contributed by atoms with Gasteiger partial charge in [0.05, 0.1) is 0 Å². The molecule has 0 aliphatic carbocycles. The maximum atomic E-state index is 6.14. The Kier molecular flexibility index (Phi) is 4.44.